The van der Waals surface area contributed by atoms with E-state index in [0.717, 1.165) is 25.2 Å². The van der Waals surface area contributed by atoms with Crippen LogP contribution < -0.4 is 5.32 Å². The average Bonchev–Trinajstić information content (AvgIpc) is 2.81. The van der Waals surface area contributed by atoms with Crippen molar-refractivity contribution >= 4 is 0 Å². The molecule has 2 atom stereocenters. The first kappa shape index (κ1) is 16.1. The molecule has 5 heteroatoms. The van der Waals surface area contributed by atoms with Crippen molar-refractivity contribution in [1.82, 2.24) is 15.5 Å². The molecule has 110 valence electrons. The molecule has 0 bridgehead atoms. The predicted molar refractivity (Wildman–Crippen MR) is 75.1 cm³/mol. The van der Waals surface area contributed by atoms with E-state index in [9.17, 15) is 0 Å². The quantitative estimate of drug-likeness (QED) is 0.745. The number of ether oxygens (including phenoxy) is 1. The van der Waals surface area contributed by atoms with Crippen LogP contribution in [0, 0.1) is 5.92 Å². The fourth-order valence-electron chi connectivity index (χ4n) is 1.86. The molecule has 0 radical (unpaired) electrons. The number of nitrogens with one attached hydrogen (secondary N) is 1. The lowest BCUT2D eigenvalue weighted by molar-refractivity contribution is 0.116. The number of rotatable bonds is 9. The van der Waals surface area contributed by atoms with Gasteiger partial charge in [0.2, 0.25) is 5.89 Å². The van der Waals surface area contributed by atoms with Gasteiger partial charge in [0.25, 0.3) is 0 Å². The molecular weight excluding hydrogens is 242 g/mol. The number of methoxy groups -OCH3 is 1. The summed E-state index contributed by atoms with van der Waals surface area (Å²) in [5.74, 6) is 1.97. The lowest BCUT2D eigenvalue weighted by Crippen LogP contribution is -2.36. The van der Waals surface area contributed by atoms with Gasteiger partial charge in [-0.1, -0.05) is 25.9 Å². The third-order valence-electron chi connectivity index (χ3n) is 3.24. The minimum absolute atomic E-state index is 0.115. The third kappa shape index (κ3) is 5.70. The monoisotopic (exact) mass is 269 g/mol. The van der Waals surface area contributed by atoms with Gasteiger partial charge < -0.3 is 14.6 Å². The van der Waals surface area contributed by atoms with Gasteiger partial charge in [-0.05, 0) is 25.8 Å². The lowest BCUT2D eigenvalue weighted by atomic mass is 10.0. The van der Waals surface area contributed by atoms with Crippen molar-refractivity contribution in [1.29, 1.82) is 0 Å². The summed E-state index contributed by atoms with van der Waals surface area (Å²) >= 11 is 0. The third-order valence-corrected chi connectivity index (χ3v) is 3.24. The Balaban J connectivity index is 2.54. The van der Waals surface area contributed by atoms with Gasteiger partial charge in [0, 0.05) is 26.0 Å². The standard InChI is InChI=1S/C14H27N3O2/c1-6-7-15-12(10(2)3)9-14-16-13(17-19-14)8-11(4)18-5/h10-12,15H,6-9H2,1-5H3. The fourth-order valence-corrected chi connectivity index (χ4v) is 1.86. The molecule has 19 heavy (non-hydrogen) atoms. The highest BCUT2D eigenvalue weighted by Crippen LogP contribution is 2.10. The van der Waals surface area contributed by atoms with Gasteiger partial charge in [-0.15, -0.1) is 0 Å². The molecule has 5 nitrogen and oxygen atoms in total. The Morgan fingerprint density at radius 2 is 2.00 bits per heavy atom. The Morgan fingerprint density at radius 3 is 2.58 bits per heavy atom. The summed E-state index contributed by atoms with van der Waals surface area (Å²) in [5.41, 5.74) is 0. The van der Waals surface area contributed by atoms with Crippen LogP contribution >= 0.6 is 0 Å². The molecule has 0 saturated heterocycles. The molecular formula is C14H27N3O2. The summed E-state index contributed by atoms with van der Waals surface area (Å²) in [4.78, 5) is 4.43. The Hall–Kier alpha value is -0.940. The summed E-state index contributed by atoms with van der Waals surface area (Å²) in [6, 6.07) is 0.382. The van der Waals surface area contributed by atoms with Gasteiger partial charge in [0.15, 0.2) is 5.82 Å². The van der Waals surface area contributed by atoms with Crippen LogP contribution in [-0.2, 0) is 17.6 Å². The second kappa shape index (κ2) is 8.27. The van der Waals surface area contributed by atoms with Crippen LogP contribution in [0.2, 0.25) is 0 Å². The Labute approximate surface area is 116 Å². The van der Waals surface area contributed by atoms with Crippen LogP contribution in [0.4, 0.5) is 0 Å². The summed E-state index contributed by atoms with van der Waals surface area (Å²) in [6.45, 7) is 9.59. The van der Waals surface area contributed by atoms with Crippen LogP contribution in [0.15, 0.2) is 4.52 Å². The minimum Gasteiger partial charge on any atom is -0.381 e. The van der Waals surface area contributed by atoms with Crippen LogP contribution in [0.3, 0.4) is 0 Å². The van der Waals surface area contributed by atoms with E-state index in [1.807, 2.05) is 6.92 Å². The molecule has 1 N–H and O–H groups in total. The highest BCUT2D eigenvalue weighted by atomic mass is 16.5. The molecule has 0 saturated carbocycles. The summed E-state index contributed by atoms with van der Waals surface area (Å²) in [7, 11) is 1.69. The van der Waals surface area contributed by atoms with Crippen molar-refractivity contribution in [2.75, 3.05) is 13.7 Å². The zero-order valence-electron chi connectivity index (χ0n) is 12.8. The highest BCUT2D eigenvalue weighted by Gasteiger charge is 2.17. The number of hydrogen-bond acceptors (Lipinski definition) is 5. The van der Waals surface area contributed by atoms with E-state index in [2.05, 4.69) is 36.2 Å². The Bertz CT molecular complexity index is 352. The molecule has 0 aliphatic carbocycles. The van der Waals surface area contributed by atoms with Crippen molar-refractivity contribution in [3.63, 3.8) is 0 Å². The van der Waals surface area contributed by atoms with Crippen LogP contribution in [-0.4, -0.2) is 35.9 Å². The normalized spacial score (nSPS) is 14.8. The Morgan fingerprint density at radius 1 is 1.26 bits per heavy atom. The average molecular weight is 269 g/mol. The van der Waals surface area contributed by atoms with Gasteiger partial charge >= 0.3 is 0 Å². The van der Waals surface area contributed by atoms with Gasteiger partial charge in [0.1, 0.15) is 0 Å². The fraction of sp³-hybridized carbons (Fsp3) is 0.857. The molecule has 1 aromatic heterocycles. The number of aromatic nitrogens is 2. The van der Waals surface area contributed by atoms with E-state index in [-0.39, 0.29) is 6.10 Å². The molecule has 0 amide bonds. The molecule has 1 heterocycles. The van der Waals surface area contributed by atoms with Crippen molar-refractivity contribution in [3.05, 3.63) is 11.7 Å². The maximum Gasteiger partial charge on any atom is 0.228 e. The van der Waals surface area contributed by atoms with Crippen LogP contribution in [0.5, 0.6) is 0 Å². The second-order valence-electron chi connectivity index (χ2n) is 5.36. The second-order valence-corrected chi connectivity index (χ2v) is 5.36. The maximum absolute atomic E-state index is 5.31. The van der Waals surface area contributed by atoms with Crippen molar-refractivity contribution in [3.8, 4) is 0 Å². The number of nitrogens with zero attached hydrogens (tertiary/aromatic N) is 2. The molecule has 0 spiro atoms. The SMILES string of the molecule is CCCNC(Cc1nc(CC(C)OC)no1)C(C)C. The van der Waals surface area contributed by atoms with Gasteiger partial charge in [-0.25, -0.2) is 0 Å². The van der Waals surface area contributed by atoms with Crippen LogP contribution in [0.1, 0.15) is 45.8 Å². The topological polar surface area (TPSA) is 60.2 Å². The highest BCUT2D eigenvalue weighted by molar-refractivity contribution is 4.91. The van der Waals surface area contributed by atoms with Gasteiger partial charge in [-0.3, -0.25) is 0 Å². The summed E-state index contributed by atoms with van der Waals surface area (Å²) < 4.78 is 10.5. The predicted octanol–water partition coefficient (Wildman–Crippen LogP) is 2.21. The zero-order valence-corrected chi connectivity index (χ0v) is 12.8. The van der Waals surface area contributed by atoms with E-state index in [1.165, 1.54) is 0 Å². The van der Waals surface area contributed by atoms with Gasteiger partial charge in [-0.2, -0.15) is 4.98 Å². The van der Waals surface area contributed by atoms with Crippen molar-refractivity contribution < 1.29 is 9.26 Å². The first-order chi connectivity index (χ1) is 9.06. The van der Waals surface area contributed by atoms with Gasteiger partial charge in [0.05, 0.1) is 6.10 Å². The first-order valence-corrected chi connectivity index (χ1v) is 7.14. The Kier molecular flexibility index (Phi) is 7.02. The van der Waals surface area contributed by atoms with E-state index in [1.54, 1.807) is 7.11 Å². The van der Waals surface area contributed by atoms with Crippen molar-refractivity contribution in [2.24, 2.45) is 5.92 Å². The number of hydrogen-bond donors (Lipinski definition) is 1. The van der Waals surface area contributed by atoms with E-state index in [4.69, 9.17) is 9.26 Å². The minimum atomic E-state index is 0.115. The van der Waals surface area contributed by atoms with Crippen LogP contribution in [0.25, 0.3) is 0 Å². The first-order valence-electron chi connectivity index (χ1n) is 7.14. The van der Waals surface area contributed by atoms with Crippen molar-refractivity contribution in [2.45, 2.75) is 59.1 Å². The molecule has 1 rings (SSSR count). The smallest absolute Gasteiger partial charge is 0.228 e. The molecule has 1 aromatic rings. The summed E-state index contributed by atoms with van der Waals surface area (Å²) in [6.07, 6.45) is 2.72. The maximum atomic E-state index is 5.31. The van der Waals surface area contributed by atoms with E-state index >= 15 is 0 Å². The molecule has 0 aliphatic heterocycles. The van der Waals surface area contributed by atoms with E-state index < -0.39 is 0 Å². The summed E-state index contributed by atoms with van der Waals surface area (Å²) in [5, 5.41) is 7.53. The largest absolute Gasteiger partial charge is 0.381 e. The molecule has 0 aliphatic rings. The molecule has 2 unspecified atom stereocenters. The van der Waals surface area contributed by atoms with E-state index in [0.29, 0.717) is 24.3 Å². The lowest BCUT2D eigenvalue weighted by Gasteiger charge is -2.20. The molecule has 0 fully saturated rings. The molecule has 0 aromatic carbocycles. The zero-order chi connectivity index (χ0) is 14.3.